The molecule has 0 bridgehead atoms. The third-order valence-corrected chi connectivity index (χ3v) is 2.28. The molecule has 0 radical (unpaired) electrons. The molecule has 4 heteroatoms. The monoisotopic (exact) mass is 250 g/mol. The molecule has 0 heterocycles. The second-order valence-electron chi connectivity index (χ2n) is 4.36. The maximum Gasteiger partial charge on any atom is 0.221 e. The van der Waals surface area contributed by atoms with E-state index in [0.717, 1.165) is 11.4 Å². The molecule has 1 aromatic rings. The maximum atomic E-state index is 11.4. The van der Waals surface area contributed by atoms with Crippen LogP contribution in [0.2, 0.25) is 0 Å². The van der Waals surface area contributed by atoms with Crippen molar-refractivity contribution < 1.29 is 9.53 Å². The van der Waals surface area contributed by atoms with Crippen LogP contribution in [0.4, 0.5) is 5.69 Å². The van der Waals surface area contributed by atoms with Crippen LogP contribution in [0.15, 0.2) is 24.3 Å². The predicted molar refractivity (Wildman–Crippen MR) is 74.0 cm³/mol. The second-order valence-corrected chi connectivity index (χ2v) is 4.36. The SMILES string of the molecule is CCOc1cccc(NCCC(=O)NC(C)C)c1. The van der Waals surface area contributed by atoms with E-state index < -0.39 is 0 Å². The molecule has 0 atom stereocenters. The second kappa shape index (κ2) is 7.58. The molecule has 1 rings (SSSR count). The van der Waals surface area contributed by atoms with Gasteiger partial charge in [0.15, 0.2) is 0 Å². The van der Waals surface area contributed by atoms with Gasteiger partial charge < -0.3 is 15.4 Å². The first-order valence-electron chi connectivity index (χ1n) is 6.38. The third kappa shape index (κ3) is 5.57. The lowest BCUT2D eigenvalue weighted by Gasteiger charge is -2.10. The van der Waals surface area contributed by atoms with Gasteiger partial charge in [-0.2, -0.15) is 0 Å². The Bertz CT molecular complexity index is 378. The minimum atomic E-state index is 0.0680. The van der Waals surface area contributed by atoms with Crippen molar-refractivity contribution in [3.8, 4) is 5.75 Å². The number of nitrogens with one attached hydrogen (secondary N) is 2. The fourth-order valence-electron chi connectivity index (χ4n) is 1.58. The standard InChI is InChI=1S/C14H22N2O2/c1-4-18-13-7-5-6-12(10-13)15-9-8-14(17)16-11(2)3/h5-7,10-11,15H,4,8-9H2,1-3H3,(H,16,17). The van der Waals surface area contributed by atoms with E-state index in [4.69, 9.17) is 4.74 Å². The molecule has 0 aliphatic rings. The molecule has 0 unspecified atom stereocenters. The number of carbonyl (C=O) groups excluding carboxylic acids is 1. The van der Waals surface area contributed by atoms with Crippen molar-refractivity contribution >= 4 is 11.6 Å². The first-order chi connectivity index (χ1) is 8.61. The number of ether oxygens (including phenoxy) is 1. The molecule has 1 aromatic carbocycles. The minimum Gasteiger partial charge on any atom is -0.494 e. The molecule has 18 heavy (non-hydrogen) atoms. The van der Waals surface area contributed by atoms with Gasteiger partial charge in [0, 0.05) is 30.8 Å². The molecular weight excluding hydrogens is 228 g/mol. The van der Waals surface area contributed by atoms with Crippen molar-refractivity contribution in [2.75, 3.05) is 18.5 Å². The number of benzene rings is 1. The summed E-state index contributed by atoms with van der Waals surface area (Å²) >= 11 is 0. The van der Waals surface area contributed by atoms with E-state index in [-0.39, 0.29) is 11.9 Å². The van der Waals surface area contributed by atoms with Crippen molar-refractivity contribution in [1.29, 1.82) is 0 Å². The zero-order valence-electron chi connectivity index (χ0n) is 11.3. The first kappa shape index (κ1) is 14.4. The molecule has 0 fully saturated rings. The van der Waals surface area contributed by atoms with E-state index in [0.29, 0.717) is 19.6 Å². The van der Waals surface area contributed by atoms with Crippen LogP contribution < -0.4 is 15.4 Å². The number of carbonyl (C=O) groups is 1. The summed E-state index contributed by atoms with van der Waals surface area (Å²) in [5.41, 5.74) is 0.971. The van der Waals surface area contributed by atoms with Gasteiger partial charge in [-0.05, 0) is 32.9 Å². The molecule has 2 N–H and O–H groups in total. The summed E-state index contributed by atoms with van der Waals surface area (Å²) in [5.74, 6) is 0.910. The largest absolute Gasteiger partial charge is 0.494 e. The van der Waals surface area contributed by atoms with Gasteiger partial charge in [-0.15, -0.1) is 0 Å². The van der Waals surface area contributed by atoms with Crippen molar-refractivity contribution in [1.82, 2.24) is 5.32 Å². The third-order valence-electron chi connectivity index (χ3n) is 2.28. The summed E-state index contributed by atoms with van der Waals surface area (Å²) in [7, 11) is 0. The van der Waals surface area contributed by atoms with Crippen LogP contribution in [-0.4, -0.2) is 25.1 Å². The Morgan fingerprint density at radius 3 is 2.83 bits per heavy atom. The highest BCUT2D eigenvalue weighted by molar-refractivity contribution is 5.76. The normalized spacial score (nSPS) is 10.2. The van der Waals surface area contributed by atoms with Gasteiger partial charge in [0.2, 0.25) is 5.91 Å². The maximum absolute atomic E-state index is 11.4. The van der Waals surface area contributed by atoms with Gasteiger partial charge in [0.1, 0.15) is 5.75 Å². The number of anilines is 1. The van der Waals surface area contributed by atoms with Gasteiger partial charge in [-0.1, -0.05) is 6.07 Å². The number of hydrogen-bond donors (Lipinski definition) is 2. The highest BCUT2D eigenvalue weighted by Gasteiger charge is 2.02. The molecule has 0 aromatic heterocycles. The summed E-state index contributed by atoms with van der Waals surface area (Å²) in [4.78, 5) is 11.4. The van der Waals surface area contributed by atoms with Gasteiger partial charge in [0.05, 0.1) is 6.61 Å². The lowest BCUT2D eigenvalue weighted by Crippen LogP contribution is -2.31. The van der Waals surface area contributed by atoms with Crippen LogP contribution in [0.3, 0.4) is 0 Å². The number of rotatable bonds is 7. The van der Waals surface area contributed by atoms with E-state index in [1.54, 1.807) is 0 Å². The summed E-state index contributed by atoms with van der Waals surface area (Å²) in [6, 6.07) is 7.94. The molecule has 4 nitrogen and oxygen atoms in total. The minimum absolute atomic E-state index is 0.0680. The van der Waals surface area contributed by atoms with Crippen molar-refractivity contribution in [2.45, 2.75) is 33.2 Å². The van der Waals surface area contributed by atoms with Crippen LogP contribution >= 0.6 is 0 Å². The Hall–Kier alpha value is -1.71. The fraction of sp³-hybridized carbons (Fsp3) is 0.500. The molecule has 0 saturated heterocycles. The van der Waals surface area contributed by atoms with Gasteiger partial charge in [0.25, 0.3) is 0 Å². The average Bonchev–Trinajstić information content (AvgIpc) is 2.29. The lowest BCUT2D eigenvalue weighted by molar-refractivity contribution is -0.121. The number of amides is 1. The Morgan fingerprint density at radius 1 is 1.39 bits per heavy atom. The molecule has 1 amide bonds. The molecule has 0 saturated carbocycles. The Balaban J connectivity index is 2.34. The lowest BCUT2D eigenvalue weighted by atomic mass is 10.3. The van der Waals surface area contributed by atoms with E-state index in [1.165, 1.54) is 0 Å². The van der Waals surface area contributed by atoms with E-state index in [1.807, 2.05) is 45.0 Å². The average molecular weight is 250 g/mol. The Kier molecular flexibility index (Phi) is 6.05. The Morgan fingerprint density at radius 2 is 2.17 bits per heavy atom. The fourth-order valence-corrected chi connectivity index (χ4v) is 1.58. The van der Waals surface area contributed by atoms with Crippen LogP contribution in [0.5, 0.6) is 5.75 Å². The molecular formula is C14H22N2O2. The van der Waals surface area contributed by atoms with Crippen molar-refractivity contribution in [3.63, 3.8) is 0 Å². The van der Waals surface area contributed by atoms with Crippen LogP contribution in [0.25, 0.3) is 0 Å². The highest BCUT2D eigenvalue weighted by atomic mass is 16.5. The van der Waals surface area contributed by atoms with Crippen molar-refractivity contribution in [3.05, 3.63) is 24.3 Å². The summed E-state index contributed by atoms with van der Waals surface area (Å²) in [5, 5.41) is 6.06. The van der Waals surface area contributed by atoms with Gasteiger partial charge >= 0.3 is 0 Å². The van der Waals surface area contributed by atoms with Crippen LogP contribution in [-0.2, 0) is 4.79 Å². The quantitative estimate of drug-likeness (QED) is 0.781. The zero-order chi connectivity index (χ0) is 13.4. The van der Waals surface area contributed by atoms with Gasteiger partial charge in [-0.25, -0.2) is 0 Å². The van der Waals surface area contributed by atoms with E-state index in [9.17, 15) is 4.79 Å². The summed E-state index contributed by atoms with van der Waals surface area (Å²) < 4.78 is 5.41. The summed E-state index contributed by atoms with van der Waals surface area (Å²) in [6.07, 6.45) is 0.469. The predicted octanol–water partition coefficient (Wildman–Crippen LogP) is 2.41. The first-order valence-corrected chi connectivity index (χ1v) is 6.38. The summed E-state index contributed by atoms with van der Waals surface area (Å²) in [6.45, 7) is 7.14. The molecule has 0 spiro atoms. The zero-order valence-corrected chi connectivity index (χ0v) is 11.3. The molecule has 100 valence electrons. The van der Waals surface area contributed by atoms with Crippen LogP contribution in [0, 0.1) is 0 Å². The number of hydrogen-bond acceptors (Lipinski definition) is 3. The van der Waals surface area contributed by atoms with Crippen molar-refractivity contribution in [2.24, 2.45) is 0 Å². The topological polar surface area (TPSA) is 50.4 Å². The van der Waals surface area contributed by atoms with Crippen LogP contribution in [0.1, 0.15) is 27.2 Å². The van der Waals surface area contributed by atoms with E-state index in [2.05, 4.69) is 10.6 Å². The van der Waals surface area contributed by atoms with Gasteiger partial charge in [-0.3, -0.25) is 4.79 Å². The molecule has 0 aliphatic carbocycles. The molecule has 0 aliphatic heterocycles. The highest BCUT2D eigenvalue weighted by Crippen LogP contribution is 2.16. The Labute approximate surface area is 109 Å². The van der Waals surface area contributed by atoms with E-state index >= 15 is 0 Å². The smallest absolute Gasteiger partial charge is 0.221 e.